The van der Waals surface area contributed by atoms with Crippen molar-refractivity contribution >= 4 is 11.0 Å². The van der Waals surface area contributed by atoms with Gasteiger partial charge in [0.1, 0.15) is 17.4 Å². The highest BCUT2D eigenvalue weighted by Crippen LogP contribution is 2.26. The van der Waals surface area contributed by atoms with Crippen molar-refractivity contribution in [1.82, 2.24) is 0 Å². The Morgan fingerprint density at radius 2 is 1.89 bits per heavy atom. The molecule has 1 aromatic heterocycles. The second-order valence-electron chi connectivity index (χ2n) is 4.90. The van der Waals surface area contributed by atoms with E-state index in [2.05, 4.69) is 19.1 Å². The Hall–Kier alpha value is -2.06. The van der Waals surface area contributed by atoms with E-state index in [-0.39, 0.29) is 0 Å². The Morgan fingerprint density at radius 1 is 1.05 bits per heavy atom. The van der Waals surface area contributed by atoms with Gasteiger partial charge in [0.2, 0.25) is 0 Å². The molecule has 1 atom stereocenters. The number of hydrogen-bond donors (Lipinski definition) is 1. The van der Waals surface area contributed by atoms with E-state index in [1.165, 1.54) is 5.56 Å². The molecule has 0 saturated carbocycles. The van der Waals surface area contributed by atoms with Crippen LogP contribution in [-0.2, 0) is 6.42 Å². The molecule has 96 valence electrons. The molecule has 0 amide bonds. The third-order valence-corrected chi connectivity index (χ3v) is 3.28. The van der Waals surface area contributed by atoms with Crippen LogP contribution in [0.3, 0.4) is 0 Å². The fraction of sp³-hybridized carbons (Fsp3) is 0.176. The predicted molar refractivity (Wildman–Crippen MR) is 76.1 cm³/mol. The van der Waals surface area contributed by atoms with Crippen LogP contribution in [0.5, 0.6) is 0 Å². The van der Waals surface area contributed by atoms with E-state index in [4.69, 9.17) is 4.42 Å². The van der Waals surface area contributed by atoms with Crippen molar-refractivity contribution in [1.29, 1.82) is 0 Å². The molecule has 3 rings (SSSR count). The summed E-state index contributed by atoms with van der Waals surface area (Å²) in [6, 6.07) is 17.9. The molecule has 0 spiro atoms. The smallest absolute Gasteiger partial charge is 0.134 e. The number of benzene rings is 2. The summed E-state index contributed by atoms with van der Waals surface area (Å²) in [5.74, 6) is 0.628. The van der Waals surface area contributed by atoms with Gasteiger partial charge in [0.15, 0.2) is 0 Å². The van der Waals surface area contributed by atoms with Crippen molar-refractivity contribution in [2.45, 2.75) is 19.4 Å². The Labute approximate surface area is 112 Å². The first kappa shape index (κ1) is 12.0. The molecule has 2 aromatic carbocycles. The predicted octanol–water partition coefficient (Wildman–Crippen LogP) is 4.02. The largest absolute Gasteiger partial charge is 0.458 e. The number of para-hydroxylation sites is 1. The molecule has 0 radical (unpaired) electrons. The quantitative estimate of drug-likeness (QED) is 0.763. The molecule has 2 heteroatoms. The fourth-order valence-corrected chi connectivity index (χ4v) is 2.33. The van der Waals surface area contributed by atoms with Gasteiger partial charge in [0.25, 0.3) is 0 Å². The summed E-state index contributed by atoms with van der Waals surface area (Å²) < 4.78 is 5.68. The van der Waals surface area contributed by atoms with E-state index in [1.807, 2.05) is 42.5 Å². The van der Waals surface area contributed by atoms with E-state index >= 15 is 0 Å². The SMILES string of the molecule is Cc1cccc(CC(O)c2cc3ccccc3o2)c1. The highest BCUT2D eigenvalue weighted by Gasteiger charge is 2.13. The lowest BCUT2D eigenvalue weighted by Gasteiger charge is -2.08. The number of aliphatic hydroxyl groups is 1. The van der Waals surface area contributed by atoms with E-state index in [9.17, 15) is 5.11 Å². The Kier molecular flexibility index (Phi) is 3.10. The Balaban J connectivity index is 1.85. The molecule has 0 fully saturated rings. The summed E-state index contributed by atoms with van der Waals surface area (Å²) in [6.07, 6.45) is -0.0317. The number of furan rings is 1. The van der Waals surface area contributed by atoms with Gasteiger partial charge in [-0.05, 0) is 24.6 Å². The van der Waals surface area contributed by atoms with Gasteiger partial charge in [-0.2, -0.15) is 0 Å². The first-order chi connectivity index (χ1) is 9.22. The molecule has 0 saturated heterocycles. The zero-order chi connectivity index (χ0) is 13.2. The Morgan fingerprint density at radius 3 is 2.68 bits per heavy atom. The van der Waals surface area contributed by atoms with Gasteiger partial charge in [-0.25, -0.2) is 0 Å². The molecule has 3 aromatic rings. The van der Waals surface area contributed by atoms with Crippen LogP contribution in [-0.4, -0.2) is 5.11 Å². The van der Waals surface area contributed by atoms with Crippen LogP contribution in [0.4, 0.5) is 0 Å². The molecule has 1 heterocycles. The van der Waals surface area contributed by atoms with Crippen molar-refractivity contribution in [2.24, 2.45) is 0 Å². The summed E-state index contributed by atoms with van der Waals surface area (Å²) in [5.41, 5.74) is 3.14. The third kappa shape index (κ3) is 2.54. The first-order valence-electron chi connectivity index (χ1n) is 6.44. The van der Waals surface area contributed by atoms with Gasteiger partial charge >= 0.3 is 0 Å². The zero-order valence-corrected chi connectivity index (χ0v) is 10.8. The van der Waals surface area contributed by atoms with Crippen LogP contribution in [0.1, 0.15) is 23.0 Å². The minimum atomic E-state index is -0.603. The minimum Gasteiger partial charge on any atom is -0.458 e. The lowest BCUT2D eigenvalue weighted by Crippen LogP contribution is -2.00. The van der Waals surface area contributed by atoms with Gasteiger partial charge < -0.3 is 9.52 Å². The molecular weight excluding hydrogens is 236 g/mol. The van der Waals surface area contributed by atoms with E-state index in [0.29, 0.717) is 12.2 Å². The van der Waals surface area contributed by atoms with E-state index in [1.54, 1.807) is 0 Å². The van der Waals surface area contributed by atoms with Crippen LogP contribution in [0.15, 0.2) is 59.0 Å². The molecule has 2 nitrogen and oxygen atoms in total. The highest BCUT2D eigenvalue weighted by molar-refractivity contribution is 5.77. The van der Waals surface area contributed by atoms with Crippen LogP contribution in [0, 0.1) is 6.92 Å². The van der Waals surface area contributed by atoms with Crippen LogP contribution in [0.2, 0.25) is 0 Å². The number of aryl methyl sites for hydroxylation is 1. The lowest BCUT2D eigenvalue weighted by molar-refractivity contribution is 0.152. The molecule has 1 N–H and O–H groups in total. The van der Waals surface area contributed by atoms with Crippen LogP contribution >= 0.6 is 0 Å². The minimum absolute atomic E-state index is 0.571. The number of aliphatic hydroxyl groups excluding tert-OH is 1. The normalized spacial score (nSPS) is 12.7. The molecule has 0 aliphatic rings. The summed E-state index contributed by atoms with van der Waals surface area (Å²) in [4.78, 5) is 0. The van der Waals surface area contributed by atoms with Crippen molar-refractivity contribution in [3.63, 3.8) is 0 Å². The van der Waals surface area contributed by atoms with Gasteiger partial charge in [-0.15, -0.1) is 0 Å². The van der Waals surface area contributed by atoms with Crippen LogP contribution in [0.25, 0.3) is 11.0 Å². The summed E-state index contributed by atoms with van der Waals surface area (Å²) in [6.45, 7) is 2.05. The maximum Gasteiger partial charge on any atom is 0.134 e. The number of fused-ring (bicyclic) bond motifs is 1. The van der Waals surface area contributed by atoms with Crippen molar-refractivity contribution in [2.75, 3.05) is 0 Å². The second kappa shape index (κ2) is 4.90. The molecule has 0 bridgehead atoms. The maximum absolute atomic E-state index is 10.3. The van der Waals surface area contributed by atoms with Crippen LogP contribution < -0.4 is 0 Å². The fourth-order valence-electron chi connectivity index (χ4n) is 2.33. The average Bonchev–Trinajstić information content (AvgIpc) is 2.82. The van der Waals surface area contributed by atoms with Gasteiger partial charge in [-0.1, -0.05) is 48.0 Å². The first-order valence-corrected chi connectivity index (χ1v) is 6.44. The molecule has 0 aliphatic carbocycles. The molecular formula is C17H16O2. The number of rotatable bonds is 3. The summed E-state index contributed by atoms with van der Waals surface area (Å²) in [7, 11) is 0. The maximum atomic E-state index is 10.3. The second-order valence-corrected chi connectivity index (χ2v) is 4.90. The van der Waals surface area contributed by atoms with Crippen molar-refractivity contribution in [3.8, 4) is 0 Å². The van der Waals surface area contributed by atoms with Gasteiger partial charge in [0, 0.05) is 11.8 Å². The zero-order valence-electron chi connectivity index (χ0n) is 10.8. The summed E-state index contributed by atoms with van der Waals surface area (Å²) in [5, 5.41) is 11.3. The van der Waals surface area contributed by atoms with Crippen molar-refractivity contribution in [3.05, 3.63) is 71.5 Å². The Bertz CT molecular complexity index is 664. The highest BCUT2D eigenvalue weighted by atomic mass is 16.4. The number of hydrogen-bond acceptors (Lipinski definition) is 2. The molecule has 1 unspecified atom stereocenters. The van der Waals surface area contributed by atoms with Gasteiger partial charge in [0.05, 0.1) is 0 Å². The van der Waals surface area contributed by atoms with E-state index < -0.39 is 6.10 Å². The van der Waals surface area contributed by atoms with Gasteiger partial charge in [-0.3, -0.25) is 0 Å². The average molecular weight is 252 g/mol. The standard InChI is InChI=1S/C17H16O2/c1-12-5-4-6-13(9-12)10-15(18)17-11-14-7-2-3-8-16(14)19-17/h2-9,11,15,18H,10H2,1H3. The molecule has 0 aliphatic heterocycles. The molecule has 19 heavy (non-hydrogen) atoms. The third-order valence-electron chi connectivity index (χ3n) is 3.28. The lowest BCUT2D eigenvalue weighted by atomic mass is 10.0. The topological polar surface area (TPSA) is 33.4 Å². The summed E-state index contributed by atoms with van der Waals surface area (Å²) >= 11 is 0. The van der Waals surface area contributed by atoms with E-state index in [0.717, 1.165) is 16.5 Å². The monoisotopic (exact) mass is 252 g/mol. The van der Waals surface area contributed by atoms with Crippen molar-refractivity contribution < 1.29 is 9.52 Å².